The average Bonchev–Trinajstić information content (AvgIpc) is 3.01. The molecule has 4 aromatic rings. The van der Waals surface area contributed by atoms with Crippen LogP contribution < -0.4 is 26.0 Å². The van der Waals surface area contributed by atoms with Crippen molar-refractivity contribution in [1.82, 2.24) is 15.3 Å². The van der Waals surface area contributed by atoms with E-state index in [1.54, 1.807) is 12.1 Å². The first-order valence-electron chi connectivity index (χ1n) is 14.8. The molecule has 1 unspecified atom stereocenters. The van der Waals surface area contributed by atoms with Crippen LogP contribution >= 0.6 is 0 Å². The zero-order chi connectivity index (χ0) is 29.2. The molecule has 1 aromatic heterocycles. The van der Waals surface area contributed by atoms with Gasteiger partial charge in [-0.15, -0.1) is 0 Å². The summed E-state index contributed by atoms with van der Waals surface area (Å²) in [5, 5.41) is 9.83. The smallest absolute Gasteiger partial charge is 0.252 e. The molecule has 2 aliphatic rings. The number of ketones is 1. The van der Waals surface area contributed by atoms with Gasteiger partial charge in [-0.25, -0.2) is 4.98 Å². The molecular formula is C35H37N5O2. The van der Waals surface area contributed by atoms with E-state index in [4.69, 9.17) is 9.97 Å². The Morgan fingerprint density at radius 1 is 0.810 bits per heavy atom. The van der Waals surface area contributed by atoms with Gasteiger partial charge < -0.3 is 15.5 Å². The maximum absolute atomic E-state index is 13.9. The van der Waals surface area contributed by atoms with E-state index in [0.29, 0.717) is 17.1 Å². The molecule has 0 spiro atoms. The number of Topliss-reactive ketones (excluding diaryl/α,β-unsaturated/α-hetero) is 1. The van der Waals surface area contributed by atoms with Gasteiger partial charge in [0.2, 0.25) is 5.95 Å². The third kappa shape index (κ3) is 5.51. The summed E-state index contributed by atoms with van der Waals surface area (Å²) in [5.74, 6) is 1.36. The standard InChI is InChI=1S/C35H37N5O2/c1-22-16-17-23-10-4-5-11-26(23)31(22)32(41)27-12-6-7-13-28(27)34(42)36-24-18-20-25(21-19-24)37-35-38-30-15-9-8-14-29(30)33(39-35)40(2)3/h4-15,17,22,24-25H,16,18-21H2,1-3H3,(H,36,42)(H,37,38,39). The van der Waals surface area contributed by atoms with Crippen LogP contribution in [0.2, 0.25) is 0 Å². The van der Waals surface area contributed by atoms with Gasteiger partial charge in [-0.3, -0.25) is 9.59 Å². The topological polar surface area (TPSA) is 87.2 Å². The minimum Gasteiger partial charge on any atom is -0.362 e. The number of fused-ring (bicyclic) bond motifs is 2. The normalized spacial score (nSPS) is 19.9. The number of carbonyl (C=O) groups excluding carboxylic acids is 2. The number of nitrogens with one attached hydrogen (secondary N) is 2. The zero-order valence-electron chi connectivity index (χ0n) is 24.4. The number of amides is 1. The van der Waals surface area contributed by atoms with Crippen LogP contribution in [0.1, 0.15) is 59.7 Å². The number of rotatable bonds is 7. The molecule has 7 heteroatoms. The van der Waals surface area contributed by atoms with Gasteiger partial charge >= 0.3 is 0 Å². The molecule has 42 heavy (non-hydrogen) atoms. The molecule has 0 radical (unpaired) electrons. The molecule has 0 bridgehead atoms. The Bertz CT molecular complexity index is 1770. The van der Waals surface area contributed by atoms with Gasteiger partial charge in [-0.1, -0.05) is 67.6 Å². The molecule has 214 valence electrons. The highest BCUT2D eigenvalue weighted by Crippen LogP contribution is 2.27. The molecule has 1 heterocycles. The molecule has 1 amide bonds. The number of benzene rings is 3. The van der Waals surface area contributed by atoms with Crippen molar-refractivity contribution in [2.45, 2.75) is 51.1 Å². The summed E-state index contributed by atoms with van der Waals surface area (Å²) in [4.78, 5) is 39.0. The van der Waals surface area contributed by atoms with Gasteiger partial charge in [-0.2, -0.15) is 4.98 Å². The van der Waals surface area contributed by atoms with Gasteiger partial charge in [-0.05, 0) is 66.7 Å². The van der Waals surface area contributed by atoms with E-state index in [2.05, 4.69) is 23.6 Å². The summed E-state index contributed by atoms with van der Waals surface area (Å²) in [6, 6.07) is 23.5. The van der Waals surface area contributed by atoms with E-state index < -0.39 is 0 Å². The minimum atomic E-state index is -0.187. The van der Waals surface area contributed by atoms with Crippen LogP contribution in [0, 0.1) is 5.92 Å². The quantitative estimate of drug-likeness (QED) is 0.319. The summed E-state index contributed by atoms with van der Waals surface area (Å²) in [7, 11) is 3.98. The van der Waals surface area contributed by atoms with Crippen molar-refractivity contribution in [2.75, 3.05) is 24.3 Å². The molecule has 3 aromatic carbocycles. The third-order valence-corrected chi connectivity index (χ3v) is 8.50. The number of anilines is 2. The molecule has 7 nitrogen and oxygen atoms in total. The Balaban J connectivity index is 1.14. The monoisotopic (exact) mass is 559 g/mol. The van der Waals surface area contributed by atoms with Gasteiger partial charge in [0.05, 0.1) is 11.1 Å². The maximum atomic E-state index is 13.9. The number of hydrogen-bond donors (Lipinski definition) is 2. The molecule has 0 saturated heterocycles. The molecular weight excluding hydrogens is 522 g/mol. The molecule has 2 aliphatic carbocycles. The third-order valence-electron chi connectivity index (χ3n) is 8.50. The Hall–Kier alpha value is -4.52. The van der Waals surface area contributed by atoms with Crippen molar-refractivity contribution in [3.63, 3.8) is 0 Å². The highest BCUT2D eigenvalue weighted by Gasteiger charge is 2.28. The first-order valence-corrected chi connectivity index (χ1v) is 14.8. The second-order valence-corrected chi connectivity index (χ2v) is 11.7. The number of aromatic nitrogens is 2. The lowest BCUT2D eigenvalue weighted by atomic mass is 9.84. The number of para-hydroxylation sites is 1. The fraction of sp³-hybridized carbons (Fsp3) is 0.314. The number of nitrogens with zero attached hydrogens (tertiary/aromatic N) is 3. The summed E-state index contributed by atoms with van der Waals surface area (Å²) >= 11 is 0. The number of carbonyl (C=O) groups is 2. The molecule has 1 saturated carbocycles. The average molecular weight is 560 g/mol. The van der Waals surface area contributed by atoms with Crippen molar-refractivity contribution in [1.29, 1.82) is 0 Å². The fourth-order valence-electron chi connectivity index (χ4n) is 6.27. The van der Waals surface area contributed by atoms with E-state index >= 15 is 0 Å². The second-order valence-electron chi connectivity index (χ2n) is 11.7. The maximum Gasteiger partial charge on any atom is 0.252 e. The summed E-state index contributed by atoms with van der Waals surface area (Å²) in [6.07, 6.45) is 6.46. The Morgan fingerprint density at radius 2 is 1.48 bits per heavy atom. The van der Waals surface area contributed by atoms with Crippen molar-refractivity contribution < 1.29 is 9.59 Å². The summed E-state index contributed by atoms with van der Waals surface area (Å²) in [6.45, 7) is 2.08. The molecule has 1 atom stereocenters. The fourth-order valence-corrected chi connectivity index (χ4v) is 6.27. The Labute approximate surface area is 246 Å². The SMILES string of the molecule is CC1CC=c2ccccc2=C1C(=O)c1ccccc1C(=O)NC1CCC(Nc2nc(N(C)C)c3ccccc3n2)CC1. The van der Waals surface area contributed by atoms with E-state index in [0.717, 1.165) is 64.8 Å². The zero-order valence-corrected chi connectivity index (χ0v) is 24.4. The predicted molar refractivity (Wildman–Crippen MR) is 169 cm³/mol. The minimum absolute atomic E-state index is 0.0464. The van der Waals surface area contributed by atoms with Crippen LogP contribution in [0.15, 0.2) is 72.8 Å². The van der Waals surface area contributed by atoms with Gasteiger partial charge in [0, 0.05) is 42.7 Å². The van der Waals surface area contributed by atoms with Crippen LogP contribution in [0.5, 0.6) is 0 Å². The van der Waals surface area contributed by atoms with E-state index in [-0.39, 0.29) is 29.7 Å². The highest BCUT2D eigenvalue weighted by molar-refractivity contribution is 6.27. The summed E-state index contributed by atoms with van der Waals surface area (Å²) < 4.78 is 0. The lowest BCUT2D eigenvalue weighted by Gasteiger charge is -2.30. The van der Waals surface area contributed by atoms with Crippen molar-refractivity contribution >= 4 is 46.0 Å². The lowest BCUT2D eigenvalue weighted by molar-refractivity contribution is 0.0918. The molecule has 1 fully saturated rings. The van der Waals surface area contributed by atoms with E-state index in [1.165, 1.54) is 0 Å². The van der Waals surface area contributed by atoms with Crippen LogP contribution in [0.3, 0.4) is 0 Å². The molecule has 2 N–H and O–H groups in total. The van der Waals surface area contributed by atoms with Gasteiger partial charge in [0.25, 0.3) is 5.91 Å². The first-order chi connectivity index (χ1) is 20.4. The van der Waals surface area contributed by atoms with Crippen LogP contribution in [-0.2, 0) is 0 Å². The van der Waals surface area contributed by atoms with E-state index in [9.17, 15) is 9.59 Å². The summed E-state index contributed by atoms with van der Waals surface area (Å²) in [5.41, 5.74) is 2.60. The van der Waals surface area contributed by atoms with Gasteiger partial charge in [0.1, 0.15) is 5.82 Å². The highest BCUT2D eigenvalue weighted by atomic mass is 16.2. The van der Waals surface area contributed by atoms with Crippen molar-refractivity contribution in [2.24, 2.45) is 5.92 Å². The van der Waals surface area contributed by atoms with Crippen LogP contribution in [0.25, 0.3) is 22.6 Å². The van der Waals surface area contributed by atoms with Crippen molar-refractivity contribution in [3.05, 3.63) is 94.4 Å². The molecule has 0 aliphatic heterocycles. The van der Waals surface area contributed by atoms with Gasteiger partial charge in [0.15, 0.2) is 5.78 Å². The van der Waals surface area contributed by atoms with Crippen LogP contribution in [0.4, 0.5) is 11.8 Å². The predicted octanol–water partition coefficient (Wildman–Crippen LogP) is 4.70. The first kappa shape index (κ1) is 27.6. The van der Waals surface area contributed by atoms with Crippen molar-refractivity contribution in [3.8, 4) is 0 Å². The molecule has 6 rings (SSSR count). The Kier molecular flexibility index (Phi) is 7.74. The second kappa shape index (κ2) is 11.8. The van der Waals surface area contributed by atoms with E-state index in [1.807, 2.05) is 79.7 Å². The van der Waals surface area contributed by atoms with Crippen LogP contribution in [-0.4, -0.2) is 47.8 Å². The number of hydrogen-bond acceptors (Lipinski definition) is 6. The largest absolute Gasteiger partial charge is 0.362 e. The Morgan fingerprint density at radius 3 is 2.26 bits per heavy atom. The lowest BCUT2D eigenvalue weighted by Crippen LogP contribution is -2.41.